The summed E-state index contributed by atoms with van der Waals surface area (Å²) in [5.41, 5.74) is 7.44. The monoisotopic (exact) mass is 472 g/mol. The van der Waals surface area contributed by atoms with E-state index in [9.17, 15) is 13.2 Å². The second kappa shape index (κ2) is 8.53. The highest BCUT2D eigenvalue weighted by Crippen LogP contribution is 2.60. The summed E-state index contributed by atoms with van der Waals surface area (Å²) in [6.07, 6.45) is -2.89. The molecule has 2 N–H and O–H groups in total. The number of rotatable bonds is 5. The lowest BCUT2D eigenvalue weighted by atomic mass is 10.1. The SMILES string of the molecule is Nc1ccc(-c2nc(N3CCOCC3)cc(C3(Sc4ccccc4C(F)(F)F)CC3)n2)cc1. The van der Waals surface area contributed by atoms with E-state index in [2.05, 4.69) is 4.90 Å². The molecule has 0 spiro atoms. The quantitative estimate of drug-likeness (QED) is 0.504. The maximum atomic E-state index is 13.6. The normalized spacial score (nSPS) is 17.7. The van der Waals surface area contributed by atoms with Gasteiger partial charge in [-0.1, -0.05) is 12.1 Å². The maximum absolute atomic E-state index is 13.6. The average Bonchev–Trinajstić information content (AvgIpc) is 3.60. The van der Waals surface area contributed by atoms with E-state index < -0.39 is 16.5 Å². The number of benzene rings is 2. The molecule has 172 valence electrons. The van der Waals surface area contributed by atoms with Gasteiger partial charge in [-0.15, -0.1) is 11.8 Å². The molecule has 3 aromatic rings. The topological polar surface area (TPSA) is 64.3 Å². The van der Waals surface area contributed by atoms with Crippen molar-refractivity contribution < 1.29 is 17.9 Å². The summed E-state index contributed by atoms with van der Waals surface area (Å²) in [6.45, 7) is 2.62. The molecule has 0 atom stereocenters. The van der Waals surface area contributed by atoms with E-state index in [1.807, 2.05) is 18.2 Å². The molecule has 33 heavy (non-hydrogen) atoms. The summed E-state index contributed by atoms with van der Waals surface area (Å²) < 4.78 is 45.8. The minimum absolute atomic E-state index is 0.225. The number of halogens is 3. The van der Waals surface area contributed by atoms with Crippen molar-refractivity contribution in [1.82, 2.24) is 9.97 Å². The molecule has 1 saturated carbocycles. The summed E-state index contributed by atoms with van der Waals surface area (Å²) >= 11 is 1.25. The second-order valence-electron chi connectivity index (χ2n) is 8.25. The minimum Gasteiger partial charge on any atom is -0.399 e. The van der Waals surface area contributed by atoms with Gasteiger partial charge in [-0.3, -0.25) is 0 Å². The Labute approximate surface area is 194 Å². The van der Waals surface area contributed by atoms with Gasteiger partial charge in [-0.2, -0.15) is 13.2 Å². The molecule has 5 nitrogen and oxygen atoms in total. The third kappa shape index (κ3) is 4.65. The largest absolute Gasteiger partial charge is 0.417 e. The number of anilines is 2. The van der Waals surface area contributed by atoms with Crippen LogP contribution in [0.25, 0.3) is 11.4 Å². The van der Waals surface area contributed by atoms with Crippen LogP contribution in [0.3, 0.4) is 0 Å². The standard InChI is InChI=1S/C24H23F3N4OS/c25-24(26,27)18-3-1-2-4-19(18)33-23(9-10-23)20-15-21(31-11-13-32-14-12-31)30-22(29-20)16-5-7-17(28)8-6-16/h1-8,15H,9-14,28H2. The molecular formula is C24H23F3N4OS. The molecule has 2 aliphatic rings. The molecule has 0 radical (unpaired) electrons. The lowest BCUT2D eigenvalue weighted by Crippen LogP contribution is -2.37. The zero-order valence-electron chi connectivity index (χ0n) is 17.8. The summed E-state index contributed by atoms with van der Waals surface area (Å²) in [5, 5.41) is 0. The summed E-state index contributed by atoms with van der Waals surface area (Å²) in [4.78, 5) is 12.0. The molecule has 0 unspecified atom stereocenters. The van der Waals surface area contributed by atoms with Crippen LogP contribution in [0.4, 0.5) is 24.7 Å². The zero-order chi connectivity index (χ0) is 23.1. The van der Waals surface area contributed by atoms with Gasteiger partial charge in [0.25, 0.3) is 0 Å². The highest BCUT2D eigenvalue weighted by Gasteiger charge is 2.49. The smallest absolute Gasteiger partial charge is 0.399 e. The Kier molecular flexibility index (Phi) is 5.70. The number of ether oxygens (including phenoxy) is 1. The average molecular weight is 473 g/mol. The van der Waals surface area contributed by atoms with Crippen LogP contribution in [0.2, 0.25) is 0 Å². The van der Waals surface area contributed by atoms with Gasteiger partial charge in [0.05, 0.1) is 29.2 Å². The number of alkyl halides is 3. The van der Waals surface area contributed by atoms with Crippen LogP contribution in [0.15, 0.2) is 59.5 Å². The number of nitrogens with zero attached hydrogens (tertiary/aromatic N) is 3. The van der Waals surface area contributed by atoms with Gasteiger partial charge < -0.3 is 15.4 Å². The van der Waals surface area contributed by atoms with Crippen LogP contribution >= 0.6 is 11.8 Å². The molecule has 1 aliphatic heterocycles. The van der Waals surface area contributed by atoms with E-state index in [0.29, 0.717) is 37.8 Å². The van der Waals surface area contributed by atoms with Crippen LogP contribution in [-0.4, -0.2) is 36.3 Å². The van der Waals surface area contributed by atoms with Crippen LogP contribution in [0.5, 0.6) is 0 Å². The third-order valence-corrected chi connectivity index (χ3v) is 7.47. The first-order valence-electron chi connectivity index (χ1n) is 10.8. The van der Waals surface area contributed by atoms with Crippen molar-refractivity contribution >= 4 is 23.3 Å². The Morgan fingerprint density at radius 2 is 1.67 bits per heavy atom. The molecule has 2 fully saturated rings. The lowest BCUT2D eigenvalue weighted by molar-refractivity contribution is -0.139. The predicted molar refractivity (Wildman–Crippen MR) is 123 cm³/mol. The van der Waals surface area contributed by atoms with E-state index in [1.54, 1.807) is 24.3 Å². The van der Waals surface area contributed by atoms with Gasteiger partial charge in [0.2, 0.25) is 0 Å². The Hall–Kier alpha value is -2.78. The summed E-state index contributed by atoms with van der Waals surface area (Å²) in [5.74, 6) is 1.32. The first-order chi connectivity index (χ1) is 15.8. The molecule has 1 aliphatic carbocycles. The van der Waals surface area contributed by atoms with Crippen LogP contribution in [0.1, 0.15) is 24.1 Å². The fourth-order valence-corrected chi connectivity index (χ4v) is 5.28. The highest BCUT2D eigenvalue weighted by atomic mass is 32.2. The number of hydrogen-bond acceptors (Lipinski definition) is 6. The minimum atomic E-state index is -4.40. The third-order valence-electron chi connectivity index (χ3n) is 5.89. The van der Waals surface area contributed by atoms with E-state index in [-0.39, 0.29) is 4.90 Å². The van der Waals surface area contributed by atoms with Gasteiger partial charge in [0, 0.05) is 35.3 Å². The molecule has 0 amide bonds. The van der Waals surface area contributed by atoms with E-state index in [4.69, 9.17) is 20.4 Å². The van der Waals surface area contributed by atoms with Gasteiger partial charge in [-0.05, 0) is 49.2 Å². The van der Waals surface area contributed by atoms with Crippen molar-refractivity contribution in [2.24, 2.45) is 0 Å². The number of nitrogens with two attached hydrogens (primary N) is 1. The molecule has 2 aromatic carbocycles. The molecule has 1 saturated heterocycles. The van der Waals surface area contributed by atoms with Crippen molar-refractivity contribution in [1.29, 1.82) is 0 Å². The fourth-order valence-electron chi connectivity index (χ4n) is 3.91. The van der Waals surface area contributed by atoms with Crippen LogP contribution < -0.4 is 10.6 Å². The number of morpholine rings is 1. The molecular weight excluding hydrogens is 449 g/mol. The van der Waals surface area contributed by atoms with Crippen molar-refractivity contribution in [3.63, 3.8) is 0 Å². The van der Waals surface area contributed by atoms with E-state index >= 15 is 0 Å². The first kappa shape index (κ1) is 22.0. The first-order valence-corrected chi connectivity index (χ1v) is 11.6. The fraction of sp³-hybridized carbons (Fsp3) is 0.333. The predicted octanol–water partition coefficient (Wildman–Crippen LogP) is 5.36. The molecule has 9 heteroatoms. The van der Waals surface area contributed by atoms with Crippen molar-refractivity contribution in [3.05, 3.63) is 65.9 Å². The summed E-state index contributed by atoms with van der Waals surface area (Å²) in [7, 11) is 0. The zero-order valence-corrected chi connectivity index (χ0v) is 18.6. The number of aromatic nitrogens is 2. The van der Waals surface area contributed by atoms with E-state index in [1.165, 1.54) is 17.8 Å². The number of thioether (sulfide) groups is 1. The van der Waals surface area contributed by atoms with Crippen LogP contribution in [-0.2, 0) is 15.7 Å². The molecule has 1 aromatic heterocycles. The Morgan fingerprint density at radius 3 is 2.33 bits per heavy atom. The molecule has 2 heterocycles. The van der Waals surface area contributed by atoms with E-state index in [0.717, 1.165) is 36.0 Å². The van der Waals surface area contributed by atoms with Gasteiger partial charge in [-0.25, -0.2) is 9.97 Å². The highest BCUT2D eigenvalue weighted by molar-refractivity contribution is 8.00. The Bertz CT molecular complexity index is 1140. The van der Waals surface area contributed by atoms with Gasteiger partial charge in [0.1, 0.15) is 5.82 Å². The maximum Gasteiger partial charge on any atom is 0.417 e. The lowest BCUT2D eigenvalue weighted by Gasteiger charge is -2.29. The second-order valence-corrected chi connectivity index (χ2v) is 9.67. The van der Waals surface area contributed by atoms with Gasteiger partial charge >= 0.3 is 6.18 Å². The Balaban J connectivity index is 1.56. The van der Waals surface area contributed by atoms with Crippen molar-refractivity contribution in [3.8, 4) is 11.4 Å². The summed E-state index contributed by atoms with van der Waals surface area (Å²) in [6, 6.07) is 15.0. The number of hydrogen-bond donors (Lipinski definition) is 1. The molecule has 0 bridgehead atoms. The Morgan fingerprint density at radius 1 is 0.970 bits per heavy atom. The van der Waals surface area contributed by atoms with Crippen LogP contribution in [0, 0.1) is 0 Å². The van der Waals surface area contributed by atoms with Crippen molar-refractivity contribution in [2.45, 2.75) is 28.7 Å². The molecule has 5 rings (SSSR count). The van der Waals surface area contributed by atoms with Gasteiger partial charge in [0.15, 0.2) is 5.82 Å². The number of nitrogen functional groups attached to an aromatic ring is 1. The van der Waals surface area contributed by atoms with Crippen molar-refractivity contribution in [2.75, 3.05) is 36.9 Å².